The number of aromatic nitrogens is 3. The van der Waals surface area contributed by atoms with E-state index in [1.807, 2.05) is 62.4 Å². The van der Waals surface area contributed by atoms with Crippen LogP contribution in [0.1, 0.15) is 84.0 Å². The first-order chi connectivity index (χ1) is 28.6. The van der Waals surface area contributed by atoms with Gasteiger partial charge in [0.25, 0.3) is 5.09 Å². The Labute approximate surface area is 355 Å². The maximum absolute atomic E-state index is 13.8. The molecular weight excluding hydrogens is 783 g/mol. The van der Waals surface area contributed by atoms with Crippen LogP contribution in [0.15, 0.2) is 83.8 Å². The summed E-state index contributed by atoms with van der Waals surface area (Å²) < 4.78 is 19.7. The van der Waals surface area contributed by atoms with E-state index in [0.717, 1.165) is 62.4 Å². The average molecular weight is 838 g/mol. The summed E-state index contributed by atoms with van der Waals surface area (Å²) in [5.41, 5.74) is 5.97. The first-order valence-electron chi connectivity index (χ1n) is 20.4. The van der Waals surface area contributed by atoms with E-state index in [9.17, 15) is 19.7 Å². The molecule has 0 spiro atoms. The number of methoxy groups -OCH3 is 1. The van der Waals surface area contributed by atoms with Gasteiger partial charge in [0.2, 0.25) is 5.88 Å². The number of anilines is 1. The minimum atomic E-state index is -0.891. The number of para-hydroxylation sites is 1. The lowest BCUT2D eigenvalue weighted by Crippen LogP contribution is -2.41. The number of unbranched alkanes of at least 4 members (excludes halogenated alkanes) is 3. The molecule has 5 aromatic rings. The Bertz CT molecular complexity index is 2260. The number of ketones is 1. The minimum Gasteiger partial charge on any atom is -0.480 e. The zero-order valence-corrected chi connectivity index (χ0v) is 36.3. The predicted molar refractivity (Wildman–Crippen MR) is 233 cm³/mol. The van der Waals surface area contributed by atoms with Gasteiger partial charge in [0.15, 0.2) is 11.9 Å². The number of esters is 1. The Balaban J connectivity index is 1.32. The van der Waals surface area contributed by atoms with Crippen molar-refractivity contribution >= 4 is 40.1 Å². The van der Waals surface area contributed by atoms with Crippen LogP contribution in [0.4, 0.5) is 5.69 Å². The van der Waals surface area contributed by atoms with Crippen LogP contribution in [0.2, 0.25) is 0 Å². The Kier molecular flexibility index (Phi) is 14.0. The maximum atomic E-state index is 13.8. The van der Waals surface area contributed by atoms with Gasteiger partial charge in [-0.25, -0.2) is 0 Å². The van der Waals surface area contributed by atoms with Crippen molar-refractivity contribution < 1.29 is 33.7 Å². The molecule has 2 aromatic heterocycles. The van der Waals surface area contributed by atoms with Gasteiger partial charge in [-0.05, 0) is 87.9 Å². The Hall–Kier alpha value is -5.63. The zero-order valence-electron chi connectivity index (χ0n) is 35.5. The van der Waals surface area contributed by atoms with Crippen molar-refractivity contribution in [3.05, 3.63) is 106 Å². The van der Waals surface area contributed by atoms with Gasteiger partial charge in [0, 0.05) is 56.5 Å². The summed E-state index contributed by atoms with van der Waals surface area (Å²) in [6.07, 6.45) is 3.09. The molecule has 60 heavy (non-hydrogen) atoms. The van der Waals surface area contributed by atoms with Crippen LogP contribution in [0, 0.1) is 15.5 Å². The van der Waals surface area contributed by atoms with E-state index in [-0.39, 0.29) is 35.8 Å². The smallest absolute Gasteiger partial charge is 0.311 e. The largest absolute Gasteiger partial charge is 0.480 e. The number of carbonyl (C=O) groups excluding carboxylic acids is 2. The Morgan fingerprint density at radius 1 is 0.950 bits per heavy atom. The number of Topliss-reactive ketones (excluding diaryl/α,β-unsaturated/α-hetero) is 1. The predicted octanol–water partition coefficient (Wildman–Crippen LogP) is 9.30. The second-order valence-corrected chi connectivity index (χ2v) is 18.7. The van der Waals surface area contributed by atoms with Crippen LogP contribution in [-0.4, -0.2) is 68.8 Å². The van der Waals surface area contributed by atoms with Crippen molar-refractivity contribution in [1.82, 2.24) is 14.8 Å². The highest BCUT2D eigenvalue weighted by Gasteiger charge is 2.36. The van der Waals surface area contributed by atoms with E-state index in [4.69, 9.17) is 14.2 Å². The highest BCUT2D eigenvalue weighted by molar-refractivity contribution is 8.00. The van der Waals surface area contributed by atoms with Gasteiger partial charge < -0.3 is 28.9 Å². The topological polar surface area (TPSA) is 157 Å². The molecule has 1 N–H and O–H groups in total. The van der Waals surface area contributed by atoms with Gasteiger partial charge in [0.1, 0.15) is 5.75 Å². The lowest BCUT2D eigenvalue weighted by molar-refractivity contribution is -0.757. The second-order valence-electron chi connectivity index (χ2n) is 16.8. The average Bonchev–Trinajstić information content (AvgIpc) is 3.75. The van der Waals surface area contributed by atoms with Crippen molar-refractivity contribution in [2.24, 2.45) is 5.41 Å². The molecule has 0 saturated carbocycles. The fourth-order valence-corrected chi connectivity index (χ4v) is 8.59. The van der Waals surface area contributed by atoms with Crippen LogP contribution in [-0.2, 0) is 38.5 Å². The fraction of sp³-hybridized carbons (Fsp3) is 0.435. The van der Waals surface area contributed by atoms with Gasteiger partial charge in [-0.2, -0.15) is 0 Å². The molecule has 0 radical (unpaired) electrons. The van der Waals surface area contributed by atoms with E-state index < -0.39 is 16.6 Å². The number of nitrogens with one attached hydrogen (secondary N) is 1. The molecular formula is C46H55N5O8S. The number of hydrogen-bond donors (Lipinski definition) is 1. The van der Waals surface area contributed by atoms with Gasteiger partial charge in [-0.1, -0.05) is 69.7 Å². The van der Waals surface area contributed by atoms with Crippen LogP contribution in [0.5, 0.6) is 11.6 Å². The molecule has 3 aromatic carbocycles. The molecule has 14 heteroatoms. The monoisotopic (exact) mass is 837 g/mol. The molecule has 1 aliphatic heterocycles. The summed E-state index contributed by atoms with van der Waals surface area (Å²) in [6.45, 7) is 12.8. The Morgan fingerprint density at radius 3 is 2.33 bits per heavy atom. The first kappa shape index (κ1) is 43.9. The van der Waals surface area contributed by atoms with Crippen LogP contribution in [0.25, 0.3) is 22.2 Å². The van der Waals surface area contributed by atoms with E-state index in [2.05, 4.69) is 70.0 Å². The van der Waals surface area contributed by atoms with Crippen LogP contribution >= 0.6 is 11.8 Å². The van der Waals surface area contributed by atoms with Gasteiger partial charge in [-0.3, -0.25) is 9.59 Å². The molecule has 1 unspecified atom stereocenters. The molecule has 0 fully saturated rings. The second kappa shape index (κ2) is 19.2. The van der Waals surface area contributed by atoms with E-state index in [1.54, 1.807) is 31.9 Å². The Morgan fingerprint density at radius 2 is 1.68 bits per heavy atom. The number of benzene rings is 3. The van der Waals surface area contributed by atoms with Crippen molar-refractivity contribution in [1.29, 1.82) is 0 Å². The van der Waals surface area contributed by atoms with Gasteiger partial charge in [-0.15, -0.1) is 32.1 Å². The minimum absolute atomic E-state index is 0.0572. The maximum Gasteiger partial charge on any atom is 0.311 e. The number of rotatable bonds is 20. The summed E-state index contributed by atoms with van der Waals surface area (Å²) >= 11 is 1.74. The SMILES string of the molecule is COc1ccc(-c2ccc(Cn3c(CC(C)(C)C(=O)OCCCCCCO[N+](=O)[O-])c(SC(C)(C)C)c4cc(O[C@H](C(C)=O)C5Cc6ccccc6N5)ccc43)cc2)nn1. The summed E-state index contributed by atoms with van der Waals surface area (Å²) in [7, 11) is 1.56. The number of thioether (sulfide) groups is 1. The number of ether oxygens (including phenoxy) is 3. The number of nitrogens with zero attached hydrogens (tertiary/aromatic N) is 4. The van der Waals surface area contributed by atoms with Gasteiger partial charge in [0.05, 0.1) is 37.5 Å². The highest BCUT2D eigenvalue weighted by Crippen LogP contribution is 2.45. The number of fused-ring (bicyclic) bond motifs is 2. The quantitative estimate of drug-likeness (QED) is 0.0261. The molecule has 318 valence electrons. The molecule has 6 rings (SSSR count). The normalized spacial score (nSPS) is 14.3. The van der Waals surface area contributed by atoms with E-state index >= 15 is 0 Å². The van der Waals surface area contributed by atoms with E-state index in [1.165, 1.54) is 0 Å². The molecule has 2 atom stereocenters. The summed E-state index contributed by atoms with van der Waals surface area (Å²) in [4.78, 5) is 42.8. The lowest BCUT2D eigenvalue weighted by Gasteiger charge is -2.26. The van der Waals surface area contributed by atoms with Gasteiger partial charge >= 0.3 is 5.97 Å². The molecule has 0 aliphatic carbocycles. The van der Waals surface area contributed by atoms with Crippen molar-refractivity contribution in [3.8, 4) is 22.9 Å². The number of carbonyl (C=O) groups is 2. The van der Waals surface area contributed by atoms with Crippen molar-refractivity contribution in [2.45, 2.75) is 108 Å². The molecule has 0 bridgehead atoms. The van der Waals surface area contributed by atoms with Crippen molar-refractivity contribution in [2.75, 3.05) is 25.6 Å². The zero-order chi connectivity index (χ0) is 43.0. The molecule has 0 amide bonds. The third kappa shape index (κ3) is 11.1. The lowest BCUT2D eigenvalue weighted by atomic mass is 9.87. The van der Waals surface area contributed by atoms with E-state index in [0.29, 0.717) is 43.9 Å². The van der Waals surface area contributed by atoms with Crippen LogP contribution in [0.3, 0.4) is 0 Å². The van der Waals surface area contributed by atoms with Crippen LogP contribution < -0.4 is 14.8 Å². The molecule has 1 aliphatic rings. The summed E-state index contributed by atoms with van der Waals surface area (Å²) in [6, 6.07) is 25.8. The fourth-order valence-electron chi connectivity index (χ4n) is 7.40. The third-order valence-corrected chi connectivity index (χ3v) is 11.7. The summed E-state index contributed by atoms with van der Waals surface area (Å²) in [5, 5.41) is 22.6. The first-order valence-corrected chi connectivity index (χ1v) is 21.2. The summed E-state index contributed by atoms with van der Waals surface area (Å²) in [5.74, 6) is 0.679. The molecule has 0 saturated heterocycles. The van der Waals surface area contributed by atoms with Crippen molar-refractivity contribution in [3.63, 3.8) is 0 Å². The highest BCUT2D eigenvalue weighted by atomic mass is 32.2. The molecule has 3 heterocycles. The number of hydrogen-bond acceptors (Lipinski definition) is 12. The third-order valence-electron chi connectivity index (χ3n) is 10.4. The standard InChI is InChI=1S/C46H55N5O8S/c1-30(52)42(38-26-33-14-10-11-15-36(33)47-38)59-34-20-22-39-35(27-34)43(60-45(2,3)4)40(28-46(5,6)44(53)57-24-12-8-9-13-25-58-51(54)55)50(39)29-31-16-18-32(19-17-31)37-21-23-41(56-7)49-48-37/h10-11,14-23,27,38,42,47H,8-9,12-13,24-26,28-29H2,1-7H3/t38?,42-/m1/s1. The molecule has 13 nitrogen and oxygen atoms in total.